The van der Waals surface area contributed by atoms with Gasteiger partial charge in [-0.25, -0.2) is 15.8 Å². The Kier molecular flexibility index (Phi) is 5.00. The molecule has 2 aromatic rings. The van der Waals surface area contributed by atoms with Gasteiger partial charge in [0.05, 0.1) is 0 Å². The van der Waals surface area contributed by atoms with Crippen LogP contribution >= 0.6 is 23.1 Å². The number of hydrogen-bond acceptors (Lipinski definition) is 7. The maximum Gasteiger partial charge on any atom is 0.191 e. The molecule has 2 heterocycles. The molecule has 19 heavy (non-hydrogen) atoms. The quantitative estimate of drug-likeness (QED) is 0.329. The first-order chi connectivity index (χ1) is 9.21. The van der Waals surface area contributed by atoms with E-state index in [2.05, 4.69) is 44.5 Å². The Labute approximate surface area is 121 Å². The number of nitrogens with one attached hydrogen (secondary N) is 2. The molecule has 1 unspecified atom stereocenters. The van der Waals surface area contributed by atoms with Crippen molar-refractivity contribution in [3.63, 3.8) is 0 Å². The molecule has 0 aromatic carbocycles. The molecule has 2 rings (SSSR count). The van der Waals surface area contributed by atoms with Crippen LogP contribution in [0.25, 0.3) is 0 Å². The van der Waals surface area contributed by atoms with Gasteiger partial charge in [0.2, 0.25) is 0 Å². The first-order valence-electron chi connectivity index (χ1n) is 5.88. The second-order valence-corrected chi connectivity index (χ2v) is 5.70. The fourth-order valence-electron chi connectivity index (χ4n) is 1.73. The summed E-state index contributed by atoms with van der Waals surface area (Å²) in [6, 6.07) is 4.25. The average Bonchev–Trinajstić information content (AvgIpc) is 2.90. The van der Waals surface area contributed by atoms with E-state index in [4.69, 9.17) is 5.84 Å². The Balaban J connectivity index is 2.05. The van der Waals surface area contributed by atoms with E-state index in [1.165, 1.54) is 17.3 Å². The number of rotatable bonds is 6. The van der Waals surface area contributed by atoms with Gasteiger partial charge in [0.25, 0.3) is 0 Å². The lowest BCUT2D eigenvalue weighted by Gasteiger charge is -2.15. The number of anilines is 2. The first-order valence-corrected chi connectivity index (χ1v) is 8.05. The van der Waals surface area contributed by atoms with Gasteiger partial charge >= 0.3 is 0 Å². The van der Waals surface area contributed by atoms with Crippen LogP contribution in [0.5, 0.6) is 0 Å². The van der Waals surface area contributed by atoms with Gasteiger partial charge in [-0.3, -0.25) is 0 Å². The standard InChI is InChI=1S/C12H17N5S2/c1-8(5-9-3-4-19-7-9)14-10-6-11(17-13)16-12(15-10)18-2/h3-4,6-8H,5,13H2,1-2H3,(H2,14,15,16,17). The maximum absolute atomic E-state index is 5.41. The predicted octanol–water partition coefficient (Wildman–Crippen LogP) is 2.59. The summed E-state index contributed by atoms with van der Waals surface area (Å²) < 4.78 is 0. The Morgan fingerprint density at radius 2 is 2.21 bits per heavy atom. The largest absolute Gasteiger partial charge is 0.367 e. The van der Waals surface area contributed by atoms with E-state index in [1.54, 1.807) is 11.3 Å². The van der Waals surface area contributed by atoms with Crippen LogP contribution in [0.1, 0.15) is 12.5 Å². The molecule has 0 bridgehead atoms. The second-order valence-electron chi connectivity index (χ2n) is 4.15. The minimum atomic E-state index is 0.296. The molecule has 0 saturated heterocycles. The zero-order chi connectivity index (χ0) is 13.7. The SMILES string of the molecule is CSc1nc(NN)cc(NC(C)Cc2ccsc2)n1. The molecule has 0 radical (unpaired) electrons. The van der Waals surface area contributed by atoms with Crippen molar-refractivity contribution in [2.45, 2.75) is 24.5 Å². The molecule has 7 heteroatoms. The molecular weight excluding hydrogens is 278 g/mol. The van der Waals surface area contributed by atoms with Crippen molar-refractivity contribution in [2.75, 3.05) is 17.0 Å². The summed E-state index contributed by atoms with van der Waals surface area (Å²) in [5.74, 6) is 6.81. The van der Waals surface area contributed by atoms with E-state index in [-0.39, 0.29) is 0 Å². The molecule has 1 atom stereocenters. The summed E-state index contributed by atoms with van der Waals surface area (Å²) in [5.41, 5.74) is 3.89. The highest BCUT2D eigenvalue weighted by Gasteiger charge is 2.08. The Morgan fingerprint density at radius 3 is 2.84 bits per heavy atom. The van der Waals surface area contributed by atoms with Crippen LogP contribution in [-0.2, 0) is 6.42 Å². The lowest BCUT2D eigenvalue weighted by molar-refractivity contribution is 0.780. The molecule has 0 fully saturated rings. The first kappa shape index (κ1) is 14.1. The molecule has 0 saturated carbocycles. The smallest absolute Gasteiger partial charge is 0.191 e. The molecule has 0 aliphatic carbocycles. The van der Waals surface area contributed by atoms with Crippen LogP contribution in [0.4, 0.5) is 11.6 Å². The summed E-state index contributed by atoms with van der Waals surface area (Å²) in [5, 5.41) is 8.33. The van der Waals surface area contributed by atoms with Crippen molar-refractivity contribution in [3.05, 3.63) is 28.5 Å². The molecule has 0 aliphatic heterocycles. The third-order valence-corrected chi connectivity index (χ3v) is 3.83. The van der Waals surface area contributed by atoms with Crippen molar-refractivity contribution in [1.29, 1.82) is 0 Å². The Bertz CT molecular complexity index is 493. The fourth-order valence-corrected chi connectivity index (χ4v) is 2.79. The number of nitrogen functional groups attached to an aromatic ring is 1. The topological polar surface area (TPSA) is 75.9 Å². The summed E-state index contributed by atoms with van der Waals surface area (Å²) in [6.07, 6.45) is 2.90. The number of thioether (sulfide) groups is 1. The van der Waals surface area contributed by atoms with Gasteiger partial charge in [-0.05, 0) is 42.0 Å². The van der Waals surface area contributed by atoms with Crippen molar-refractivity contribution >= 4 is 34.7 Å². The molecule has 5 nitrogen and oxygen atoms in total. The second kappa shape index (κ2) is 6.74. The van der Waals surface area contributed by atoms with E-state index in [1.807, 2.05) is 12.3 Å². The predicted molar refractivity (Wildman–Crippen MR) is 82.7 cm³/mol. The highest BCUT2D eigenvalue weighted by Crippen LogP contribution is 2.18. The minimum Gasteiger partial charge on any atom is -0.367 e. The summed E-state index contributed by atoms with van der Waals surface area (Å²) >= 11 is 3.21. The van der Waals surface area contributed by atoms with Crippen molar-refractivity contribution < 1.29 is 0 Å². The van der Waals surface area contributed by atoms with Gasteiger partial charge in [-0.2, -0.15) is 11.3 Å². The number of hydrazine groups is 1. The third-order valence-electron chi connectivity index (χ3n) is 2.55. The van der Waals surface area contributed by atoms with Gasteiger partial charge < -0.3 is 10.7 Å². The molecule has 0 amide bonds. The highest BCUT2D eigenvalue weighted by atomic mass is 32.2. The minimum absolute atomic E-state index is 0.296. The third kappa shape index (κ3) is 4.09. The van der Waals surface area contributed by atoms with Crippen molar-refractivity contribution in [2.24, 2.45) is 5.84 Å². The van der Waals surface area contributed by atoms with E-state index in [9.17, 15) is 0 Å². The van der Waals surface area contributed by atoms with Crippen LogP contribution in [0.2, 0.25) is 0 Å². The summed E-state index contributed by atoms with van der Waals surface area (Å²) in [7, 11) is 0. The molecule has 102 valence electrons. The highest BCUT2D eigenvalue weighted by molar-refractivity contribution is 7.98. The van der Waals surface area contributed by atoms with Crippen LogP contribution in [0, 0.1) is 0 Å². The van der Waals surface area contributed by atoms with Gasteiger partial charge in [-0.1, -0.05) is 11.8 Å². The van der Waals surface area contributed by atoms with Gasteiger partial charge in [-0.15, -0.1) is 0 Å². The van der Waals surface area contributed by atoms with E-state index >= 15 is 0 Å². The van der Waals surface area contributed by atoms with Crippen LogP contribution in [0.3, 0.4) is 0 Å². The number of aromatic nitrogens is 2. The van der Waals surface area contributed by atoms with Crippen LogP contribution in [0.15, 0.2) is 28.0 Å². The van der Waals surface area contributed by atoms with Crippen LogP contribution < -0.4 is 16.6 Å². The summed E-state index contributed by atoms with van der Waals surface area (Å²) in [6.45, 7) is 2.13. The Hall–Kier alpha value is -1.31. The zero-order valence-electron chi connectivity index (χ0n) is 10.9. The molecular formula is C12H17N5S2. The summed E-state index contributed by atoms with van der Waals surface area (Å²) in [4.78, 5) is 8.65. The normalized spacial score (nSPS) is 12.2. The lowest BCUT2D eigenvalue weighted by Crippen LogP contribution is -2.19. The molecule has 2 aromatic heterocycles. The van der Waals surface area contributed by atoms with E-state index in [0.29, 0.717) is 17.0 Å². The van der Waals surface area contributed by atoms with E-state index < -0.39 is 0 Å². The zero-order valence-corrected chi connectivity index (χ0v) is 12.5. The number of thiophene rings is 1. The maximum atomic E-state index is 5.41. The van der Waals surface area contributed by atoms with Crippen molar-refractivity contribution in [3.8, 4) is 0 Å². The van der Waals surface area contributed by atoms with Crippen molar-refractivity contribution in [1.82, 2.24) is 9.97 Å². The van der Waals surface area contributed by atoms with E-state index in [0.717, 1.165) is 12.2 Å². The molecule has 0 aliphatic rings. The number of nitrogens with zero attached hydrogens (tertiary/aromatic N) is 2. The molecule has 0 spiro atoms. The van der Waals surface area contributed by atoms with Gasteiger partial charge in [0, 0.05) is 12.1 Å². The van der Waals surface area contributed by atoms with Crippen LogP contribution in [-0.4, -0.2) is 22.3 Å². The van der Waals surface area contributed by atoms with Gasteiger partial charge in [0.1, 0.15) is 11.6 Å². The Morgan fingerprint density at radius 1 is 1.42 bits per heavy atom. The van der Waals surface area contributed by atoms with Gasteiger partial charge in [0.15, 0.2) is 5.16 Å². The average molecular weight is 295 g/mol. The number of nitrogens with two attached hydrogens (primary N) is 1. The monoisotopic (exact) mass is 295 g/mol. The fraction of sp³-hybridized carbons (Fsp3) is 0.333. The molecule has 4 N–H and O–H groups in total. The number of hydrogen-bond donors (Lipinski definition) is 3. The lowest BCUT2D eigenvalue weighted by atomic mass is 10.1.